The van der Waals surface area contributed by atoms with Crippen LogP contribution < -0.4 is 19.5 Å². The van der Waals surface area contributed by atoms with E-state index in [1.54, 1.807) is 30.7 Å². The number of piperidine rings is 1. The number of nitrogens with zero attached hydrogens (tertiary/aromatic N) is 3. The highest BCUT2D eigenvalue weighted by atomic mass is 32.1. The van der Waals surface area contributed by atoms with Gasteiger partial charge in [0.1, 0.15) is 35.8 Å². The molecule has 0 aliphatic carbocycles. The summed E-state index contributed by atoms with van der Waals surface area (Å²) in [4.78, 5) is 59.3. The number of rotatable bonds is 19. The quantitative estimate of drug-likeness (QED) is 0.0823. The van der Waals surface area contributed by atoms with Gasteiger partial charge in [0.25, 0.3) is 11.8 Å². The summed E-state index contributed by atoms with van der Waals surface area (Å²) in [5, 5.41) is 3.10. The van der Waals surface area contributed by atoms with E-state index < -0.39 is 29.7 Å². The molecule has 6 rings (SSSR count). The molecule has 2 aliphatic heterocycles. The third-order valence-electron chi connectivity index (χ3n) is 8.14. The molecule has 4 heterocycles. The number of amides is 4. The van der Waals surface area contributed by atoms with E-state index in [2.05, 4.69) is 15.3 Å². The first-order valence-corrected chi connectivity index (χ1v) is 17.8. The SMILES string of the molecule is COc1ccc2nc(/C=C/C=C/c3ccc(OCCOCCOCCOCCOc4ccc5c(c4)C(=O)N(C4CCC(=O)NC4=O)C5=O)nc3)sc2c1. The number of hydrogen-bond acceptors (Lipinski definition) is 13. The standard InChI is InChI=1S/C38H38N4O10S/c1-47-26-8-10-30-32(23-26)53-35(40-30)5-3-2-4-25-6-13-34(39-24-25)52-21-19-50-17-15-48-14-16-49-18-20-51-27-7-9-28-29(22-27)38(46)42(37(28)45)31-11-12-33(43)41-36(31)44/h2-10,13,22-24,31H,11-12,14-21H2,1H3,(H,41,43,44)/b4-2+,5-3+. The van der Waals surface area contributed by atoms with Crippen molar-refractivity contribution in [3.63, 3.8) is 0 Å². The molecule has 2 aromatic heterocycles. The maximum Gasteiger partial charge on any atom is 0.262 e. The third kappa shape index (κ3) is 9.90. The second kappa shape index (κ2) is 18.3. The fourth-order valence-electron chi connectivity index (χ4n) is 5.51. The van der Waals surface area contributed by atoms with Crippen LogP contribution in [0, 0.1) is 0 Å². The van der Waals surface area contributed by atoms with Crippen molar-refractivity contribution < 1.29 is 47.6 Å². The van der Waals surface area contributed by atoms with Gasteiger partial charge >= 0.3 is 0 Å². The number of allylic oxidation sites excluding steroid dienone is 2. The van der Waals surface area contributed by atoms with Gasteiger partial charge in [-0.1, -0.05) is 18.2 Å². The minimum Gasteiger partial charge on any atom is -0.497 e. The van der Waals surface area contributed by atoms with Crippen LogP contribution in [0.5, 0.6) is 17.4 Å². The Morgan fingerprint density at radius 3 is 2.21 bits per heavy atom. The van der Waals surface area contributed by atoms with E-state index in [9.17, 15) is 19.2 Å². The lowest BCUT2D eigenvalue weighted by Gasteiger charge is -2.27. The van der Waals surface area contributed by atoms with Gasteiger partial charge in [0.05, 0.1) is 68.1 Å². The fraction of sp³-hybridized carbons (Fsp3) is 0.316. The molecule has 0 bridgehead atoms. The molecule has 0 saturated carbocycles. The fourth-order valence-corrected chi connectivity index (χ4v) is 6.42. The lowest BCUT2D eigenvalue weighted by molar-refractivity contribution is -0.136. The molecule has 1 saturated heterocycles. The maximum absolute atomic E-state index is 12.9. The van der Waals surface area contributed by atoms with Gasteiger partial charge in [0.15, 0.2) is 0 Å². The van der Waals surface area contributed by atoms with Crippen molar-refractivity contribution in [2.24, 2.45) is 0 Å². The van der Waals surface area contributed by atoms with Crippen LogP contribution in [-0.2, 0) is 23.8 Å². The number of thiazole rings is 1. The molecule has 276 valence electrons. The van der Waals surface area contributed by atoms with Crippen LogP contribution in [-0.4, -0.2) is 105 Å². The minimum atomic E-state index is -1.01. The molecule has 1 atom stereocenters. The summed E-state index contributed by atoms with van der Waals surface area (Å²) in [6.07, 6.45) is 9.71. The summed E-state index contributed by atoms with van der Waals surface area (Å²) in [6.45, 7) is 2.79. The number of methoxy groups -OCH3 is 1. The molecule has 4 aromatic rings. The monoisotopic (exact) mass is 742 g/mol. The van der Waals surface area contributed by atoms with Crippen molar-refractivity contribution in [2.75, 3.05) is 60.0 Å². The van der Waals surface area contributed by atoms with Gasteiger partial charge in [-0.15, -0.1) is 11.3 Å². The van der Waals surface area contributed by atoms with E-state index in [1.807, 2.05) is 54.6 Å². The van der Waals surface area contributed by atoms with Crippen LogP contribution in [0.25, 0.3) is 22.4 Å². The summed E-state index contributed by atoms with van der Waals surface area (Å²) in [5.41, 5.74) is 2.24. The van der Waals surface area contributed by atoms with Gasteiger partial charge in [-0.2, -0.15) is 0 Å². The number of fused-ring (bicyclic) bond motifs is 2. The van der Waals surface area contributed by atoms with Gasteiger partial charge < -0.3 is 28.4 Å². The van der Waals surface area contributed by atoms with E-state index >= 15 is 0 Å². The van der Waals surface area contributed by atoms with Crippen LogP contribution in [0.4, 0.5) is 0 Å². The number of aromatic nitrogens is 2. The van der Waals surface area contributed by atoms with Crippen molar-refractivity contribution in [1.82, 2.24) is 20.2 Å². The highest BCUT2D eigenvalue weighted by molar-refractivity contribution is 7.19. The number of benzene rings is 2. The zero-order valence-corrected chi connectivity index (χ0v) is 29.8. The van der Waals surface area contributed by atoms with Crippen molar-refractivity contribution in [3.05, 3.63) is 88.6 Å². The predicted octanol–water partition coefficient (Wildman–Crippen LogP) is 4.34. The van der Waals surface area contributed by atoms with Crippen molar-refractivity contribution in [3.8, 4) is 17.4 Å². The molecular formula is C38H38N4O10S. The molecule has 1 N–H and O–H groups in total. The van der Waals surface area contributed by atoms with Crippen LogP contribution in [0.2, 0.25) is 0 Å². The number of nitrogens with one attached hydrogen (secondary N) is 1. The molecule has 53 heavy (non-hydrogen) atoms. The topological polar surface area (TPSA) is 165 Å². The Morgan fingerprint density at radius 2 is 1.49 bits per heavy atom. The minimum absolute atomic E-state index is 0.0611. The molecular weight excluding hydrogens is 705 g/mol. The normalized spacial score (nSPS) is 15.9. The van der Waals surface area contributed by atoms with Crippen LogP contribution in [0.15, 0.2) is 66.9 Å². The first kappa shape index (κ1) is 37.3. The van der Waals surface area contributed by atoms with E-state index in [0.717, 1.165) is 31.4 Å². The van der Waals surface area contributed by atoms with E-state index in [0.29, 0.717) is 51.3 Å². The van der Waals surface area contributed by atoms with Crippen LogP contribution >= 0.6 is 11.3 Å². The van der Waals surface area contributed by atoms with Gasteiger partial charge in [-0.05, 0) is 60.5 Å². The van der Waals surface area contributed by atoms with Crippen molar-refractivity contribution in [1.29, 1.82) is 0 Å². The number of carbonyl (C=O) groups is 4. The Morgan fingerprint density at radius 1 is 0.792 bits per heavy atom. The summed E-state index contributed by atoms with van der Waals surface area (Å²) >= 11 is 1.61. The summed E-state index contributed by atoms with van der Waals surface area (Å²) in [7, 11) is 1.65. The Balaban J connectivity index is 0.776. The lowest BCUT2D eigenvalue weighted by Crippen LogP contribution is -2.54. The van der Waals surface area contributed by atoms with E-state index in [-0.39, 0.29) is 37.2 Å². The summed E-state index contributed by atoms with van der Waals surface area (Å²) < 4.78 is 34.3. The average molecular weight is 743 g/mol. The molecule has 14 nitrogen and oxygen atoms in total. The smallest absolute Gasteiger partial charge is 0.262 e. The number of pyridine rings is 1. The number of hydrogen-bond donors (Lipinski definition) is 1. The Bertz CT molecular complexity index is 1990. The molecule has 0 radical (unpaired) electrons. The zero-order valence-electron chi connectivity index (χ0n) is 29.0. The number of ether oxygens (including phenoxy) is 6. The van der Waals surface area contributed by atoms with Crippen molar-refractivity contribution in [2.45, 2.75) is 18.9 Å². The molecule has 15 heteroatoms. The maximum atomic E-state index is 12.9. The number of imide groups is 2. The van der Waals surface area contributed by atoms with Crippen LogP contribution in [0.3, 0.4) is 0 Å². The first-order chi connectivity index (χ1) is 25.9. The van der Waals surface area contributed by atoms with Gasteiger partial charge in [0, 0.05) is 18.7 Å². The highest BCUT2D eigenvalue weighted by Crippen LogP contribution is 2.30. The Hall–Kier alpha value is -5.48. The predicted molar refractivity (Wildman–Crippen MR) is 195 cm³/mol. The molecule has 2 aliphatic rings. The third-order valence-corrected chi connectivity index (χ3v) is 9.12. The Labute approximate surface area is 309 Å². The second-order valence-electron chi connectivity index (χ2n) is 11.7. The zero-order chi connectivity index (χ0) is 37.0. The molecule has 1 unspecified atom stereocenters. The second-order valence-corrected chi connectivity index (χ2v) is 12.8. The van der Waals surface area contributed by atoms with Crippen LogP contribution in [0.1, 0.15) is 44.1 Å². The summed E-state index contributed by atoms with van der Waals surface area (Å²) in [6, 6.07) is 13.1. The highest BCUT2D eigenvalue weighted by Gasteiger charge is 2.44. The first-order valence-electron chi connectivity index (χ1n) is 17.0. The van der Waals surface area contributed by atoms with E-state index in [4.69, 9.17) is 28.4 Å². The lowest BCUT2D eigenvalue weighted by atomic mass is 10.0. The Kier molecular flexibility index (Phi) is 12.9. The molecule has 0 spiro atoms. The van der Waals surface area contributed by atoms with Gasteiger partial charge in [0.2, 0.25) is 17.7 Å². The molecule has 4 amide bonds. The molecule has 2 aromatic carbocycles. The van der Waals surface area contributed by atoms with E-state index in [1.165, 1.54) is 12.1 Å². The van der Waals surface area contributed by atoms with Gasteiger partial charge in [-0.25, -0.2) is 9.97 Å². The average Bonchev–Trinajstić information content (AvgIpc) is 3.68. The summed E-state index contributed by atoms with van der Waals surface area (Å²) in [5.74, 6) is -0.502. The molecule has 1 fully saturated rings. The van der Waals surface area contributed by atoms with Gasteiger partial charge in [-0.3, -0.25) is 29.4 Å². The largest absolute Gasteiger partial charge is 0.497 e. The number of carbonyl (C=O) groups excluding carboxylic acids is 4. The van der Waals surface area contributed by atoms with Crippen molar-refractivity contribution >= 4 is 57.3 Å².